The minimum Gasteiger partial charge on any atom is -0.466 e. The third kappa shape index (κ3) is 3.90. The molecular formula is C17H21NO8S. The number of amides is 1. The standard InChI is InChI=1S/C17H21NO8S/c1-24-15(22)17(27-9-5-3-2-4-6-9)7-11-12(18-16(23)25-11)14(26-17)13(21)10(20)8-19/h2-6,10-14,19-21H,7-8H2,1H3,(H,18,23)/t10-,11-,12-,13-,14?,17+/m1/s1. The van der Waals surface area contributed by atoms with Crippen LogP contribution in [0.2, 0.25) is 0 Å². The van der Waals surface area contributed by atoms with Crippen LogP contribution in [-0.4, -0.2) is 76.5 Å². The molecule has 3 rings (SSSR count). The van der Waals surface area contributed by atoms with Crippen LogP contribution in [0, 0.1) is 0 Å². The predicted molar refractivity (Wildman–Crippen MR) is 92.8 cm³/mol. The highest BCUT2D eigenvalue weighted by atomic mass is 32.2. The fourth-order valence-electron chi connectivity index (χ4n) is 3.22. The molecule has 1 aromatic carbocycles. The number of aliphatic hydroxyl groups excluding tert-OH is 3. The van der Waals surface area contributed by atoms with Gasteiger partial charge in [0.25, 0.3) is 0 Å². The largest absolute Gasteiger partial charge is 0.466 e. The van der Waals surface area contributed by atoms with Crippen molar-refractivity contribution in [3.8, 4) is 0 Å². The molecular weight excluding hydrogens is 378 g/mol. The average molecular weight is 399 g/mol. The summed E-state index contributed by atoms with van der Waals surface area (Å²) >= 11 is 1.06. The first-order chi connectivity index (χ1) is 12.9. The maximum atomic E-state index is 12.6. The highest BCUT2D eigenvalue weighted by molar-refractivity contribution is 8.01. The maximum absolute atomic E-state index is 12.6. The van der Waals surface area contributed by atoms with E-state index >= 15 is 0 Å². The number of hydrogen-bond donors (Lipinski definition) is 4. The van der Waals surface area contributed by atoms with Crippen molar-refractivity contribution in [2.45, 2.75) is 46.7 Å². The summed E-state index contributed by atoms with van der Waals surface area (Å²) in [5.41, 5.74) is 0. The second-order valence-electron chi connectivity index (χ2n) is 6.30. The molecule has 0 bridgehead atoms. The monoisotopic (exact) mass is 399 g/mol. The van der Waals surface area contributed by atoms with E-state index in [2.05, 4.69) is 5.32 Å². The van der Waals surface area contributed by atoms with E-state index in [0.29, 0.717) is 4.90 Å². The summed E-state index contributed by atoms with van der Waals surface area (Å²) in [5.74, 6) is -0.714. The summed E-state index contributed by atoms with van der Waals surface area (Å²) in [7, 11) is 1.21. The molecule has 2 aliphatic rings. The van der Waals surface area contributed by atoms with Crippen molar-refractivity contribution in [1.82, 2.24) is 5.32 Å². The van der Waals surface area contributed by atoms with Gasteiger partial charge in [-0.05, 0) is 12.1 Å². The first-order valence-corrected chi connectivity index (χ1v) is 9.16. The Balaban J connectivity index is 1.97. The Hall–Kier alpha value is -1.85. The molecule has 0 aromatic heterocycles. The minimum absolute atomic E-state index is 0.0128. The number of hydrogen-bond acceptors (Lipinski definition) is 9. The number of esters is 1. The van der Waals surface area contributed by atoms with Gasteiger partial charge in [-0.25, -0.2) is 9.59 Å². The van der Waals surface area contributed by atoms with Crippen LogP contribution >= 0.6 is 11.8 Å². The fourth-order valence-corrected chi connectivity index (χ4v) is 4.47. The van der Waals surface area contributed by atoms with Gasteiger partial charge < -0.3 is 34.8 Å². The molecule has 148 valence electrons. The topological polar surface area (TPSA) is 135 Å². The Morgan fingerprint density at radius 3 is 2.74 bits per heavy atom. The molecule has 9 nitrogen and oxygen atoms in total. The number of ether oxygens (including phenoxy) is 3. The van der Waals surface area contributed by atoms with Gasteiger partial charge in [0.15, 0.2) is 0 Å². The van der Waals surface area contributed by atoms with Gasteiger partial charge in [-0.3, -0.25) is 0 Å². The lowest BCUT2D eigenvalue weighted by molar-refractivity contribution is -0.199. The molecule has 27 heavy (non-hydrogen) atoms. The molecule has 1 aromatic rings. The third-order valence-corrected chi connectivity index (χ3v) is 5.80. The van der Waals surface area contributed by atoms with Crippen molar-refractivity contribution in [1.29, 1.82) is 0 Å². The number of alkyl carbamates (subject to hydrolysis) is 1. The van der Waals surface area contributed by atoms with Crippen molar-refractivity contribution in [3.05, 3.63) is 30.3 Å². The van der Waals surface area contributed by atoms with E-state index in [0.717, 1.165) is 11.8 Å². The van der Waals surface area contributed by atoms with Crippen LogP contribution in [0.15, 0.2) is 35.2 Å². The van der Waals surface area contributed by atoms with E-state index in [1.165, 1.54) is 7.11 Å². The van der Waals surface area contributed by atoms with E-state index in [9.17, 15) is 19.8 Å². The zero-order valence-corrected chi connectivity index (χ0v) is 15.3. The molecule has 10 heteroatoms. The Bertz CT molecular complexity index is 689. The SMILES string of the molecule is COC(=O)[C@@]1(Sc2ccccc2)C[C@H]2OC(=O)N[C@H]2C([C@H](O)[C@H](O)CO)O1. The van der Waals surface area contributed by atoms with Crippen LogP contribution in [0.25, 0.3) is 0 Å². The van der Waals surface area contributed by atoms with Crippen LogP contribution in [0.3, 0.4) is 0 Å². The van der Waals surface area contributed by atoms with Crippen LogP contribution < -0.4 is 5.32 Å². The molecule has 0 aliphatic carbocycles. The lowest BCUT2D eigenvalue weighted by Crippen LogP contribution is -2.63. The van der Waals surface area contributed by atoms with E-state index in [1.807, 2.05) is 6.07 Å². The zero-order chi connectivity index (χ0) is 19.6. The van der Waals surface area contributed by atoms with E-state index in [-0.39, 0.29) is 6.42 Å². The number of fused-ring (bicyclic) bond motifs is 1. The predicted octanol–water partition coefficient (Wildman–Crippen LogP) is -0.372. The number of rotatable bonds is 6. The molecule has 2 saturated heterocycles. The number of benzene rings is 1. The third-order valence-electron chi connectivity index (χ3n) is 4.53. The first-order valence-electron chi connectivity index (χ1n) is 8.34. The molecule has 2 heterocycles. The van der Waals surface area contributed by atoms with Crippen molar-refractivity contribution >= 4 is 23.8 Å². The first kappa shape index (κ1) is 19.9. The molecule has 1 unspecified atom stereocenters. The summed E-state index contributed by atoms with van der Waals surface area (Å²) in [6.45, 7) is -0.718. The summed E-state index contributed by atoms with van der Waals surface area (Å²) in [6.07, 6.45) is -5.80. The number of methoxy groups -OCH3 is 1. The zero-order valence-electron chi connectivity index (χ0n) is 14.5. The molecule has 2 aliphatic heterocycles. The smallest absolute Gasteiger partial charge is 0.407 e. The molecule has 1 amide bonds. The van der Waals surface area contributed by atoms with Crippen molar-refractivity contribution in [2.24, 2.45) is 0 Å². The van der Waals surface area contributed by atoms with Crippen LogP contribution in [0.1, 0.15) is 6.42 Å². The molecule has 0 spiro atoms. The summed E-state index contributed by atoms with van der Waals surface area (Å²) in [5, 5.41) is 32.0. The number of carbonyl (C=O) groups is 2. The van der Waals surface area contributed by atoms with Crippen LogP contribution in [0.4, 0.5) is 4.79 Å². The second kappa shape index (κ2) is 8.03. The van der Waals surface area contributed by atoms with Gasteiger partial charge in [0.05, 0.1) is 19.8 Å². The summed E-state index contributed by atoms with van der Waals surface area (Å²) in [4.78, 5) is 23.5. The van der Waals surface area contributed by atoms with Crippen molar-refractivity contribution < 1.29 is 39.1 Å². The Labute approximate surface area is 159 Å². The van der Waals surface area contributed by atoms with Gasteiger partial charge in [0.2, 0.25) is 4.93 Å². The molecule has 4 N–H and O–H groups in total. The van der Waals surface area contributed by atoms with Crippen molar-refractivity contribution in [2.75, 3.05) is 13.7 Å². The second-order valence-corrected chi connectivity index (χ2v) is 7.64. The van der Waals surface area contributed by atoms with Gasteiger partial charge in [-0.1, -0.05) is 30.0 Å². The van der Waals surface area contributed by atoms with E-state index < -0.39 is 54.1 Å². The molecule has 6 atom stereocenters. The number of carbonyl (C=O) groups excluding carboxylic acids is 2. The van der Waals surface area contributed by atoms with Gasteiger partial charge in [0.1, 0.15) is 24.4 Å². The van der Waals surface area contributed by atoms with E-state index in [4.69, 9.17) is 19.3 Å². The van der Waals surface area contributed by atoms with Crippen LogP contribution in [0.5, 0.6) is 0 Å². The quantitative estimate of drug-likeness (QED) is 0.473. The minimum atomic E-state index is -1.61. The maximum Gasteiger partial charge on any atom is 0.407 e. The number of aliphatic hydroxyl groups is 3. The summed E-state index contributed by atoms with van der Waals surface area (Å²) in [6, 6.07) is 8.16. The van der Waals surface area contributed by atoms with Gasteiger partial charge >= 0.3 is 12.1 Å². The highest BCUT2D eigenvalue weighted by Gasteiger charge is 2.59. The van der Waals surface area contributed by atoms with Crippen molar-refractivity contribution in [3.63, 3.8) is 0 Å². The van der Waals surface area contributed by atoms with Crippen LogP contribution in [-0.2, 0) is 19.0 Å². The fraction of sp³-hybridized carbons (Fsp3) is 0.529. The normalized spacial score (nSPS) is 32.0. The molecule has 0 saturated carbocycles. The number of thioether (sulfide) groups is 1. The van der Waals surface area contributed by atoms with Gasteiger partial charge in [-0.2, -0.15) is 0 Å². The Morgan fingerprint density at radius 2 is 2.11 bits per heavy atom. The Morgan fingerprint density at radius 1 is 1.41 bits per heavy atom. The Kier molecular flexibility index (Phi) is 5.92. The number of nitrogens with one attached hydrogen (secondary N) is 1. The molecule has 0 radical (unpaired) electrons. The average Bonchev–Trinajstić information content (AvgIpc) is 3.05. The van der Waals surface area contributed by atoms with Gasteiger partial charge in [-0.15, -0.1) is 0 Å². The highest BCUT2D eigenvalue weighted by Crippen LogP contribution is 2.46. The lowest BCUT2D eigenvalue weighted by atomic mass is 9.90. The molecule has 2 fully saturated rings. The summed E-state index contributed by atoms with van der Waals surface area (Å²) < 4.78 is 16.1. The van der Waals surface area contributed by atoms with Gasteiger partial charge in [0, 0.05) is 11.3 Å². The van der Waals surface area contributed by atoms with E-state index in [1.54, 1.807) is 24.3 Å². The lowest BCUT2D eigenvalue weighted by Gasteiger charge is -2.44.